The van der Waals surface area contributed by atoms with Gasteiger partial charge in [0.25, 0.3) is 5.91 Å². The lowest BCUT2D eigenvalue weighted by molar-refractivity contribution is 0.0777. The van der Waals surface area contributed by atoms with Crippen LogP contribution in [0.4, 0.5) is 0 Å². The van der Waals surface area contributed by atoms with Crippen LogP contribution in [-0.4, -0.2) is 52.3 Å². The third-order valence-corrected chi connectivity index (χ3v) is 6.26. The first-order valence-corrected chi connectivity index (χ1v) is 10.0. The van der Waals surface area contributed by atoms with E-state index in [2.05, 4.69) is 9.88 Å². The van der Waals surface area contributed by atoms with Crippen molar-refractivity contribution in [1.29, 1.82) is 0 Å². The number of carbonyl (C=O) groups is 1. The normalized spacial score (nSPS) is 23.8. The largest absolute Gasteiger partial charge is 0.343 e. The molecule has 4 rings (SSSR count). The number of nitrogens with zero attached hydrogens (tertiary/aromatic N) is 4. The van der Waals surface area contributed by atoms with Crippen molar-refractivity contribution in [1.82, 2.24) is 19.2 Å². The van der Waals surface area contributed by atoms with Gasteiger partial charge in [-0.3, -0.25) is 9.69 Å². The van der Waals surface area contributed by atoms with Crippen molar-refractivity contribution >= 4 is 23.2 Å². The van der Waals surface area contributed by atoms with E-state index in [9.17, 15) is 4.79 Å². The van der Waals surface area contributed by atoms with Crippen LogP contribution in [0.15, 0.2) is 18.3 Å². The molecule has 0 unspecified atom stereocenters. The molecular weight excluding hydrogens is 348 g/mol. The van der Waals surface area contributed by atoms with E-state index < -0.39 is 0 Å². The number of aromatic nitrogens is 2. The van der Waals surface area contributed by atoms with E-state index in [0.29, 0.717) is 10.7 Å². The maximum absolute atomic E-state index is 12.7. The van der Waals surface area contributed by atoms with Gasteiger partial charge in [0.05, 0.1) is 10.7 Å². The topological polar surface area (TPSA) is 40.9 Å². The molecule has 3 heterocycles. The molecule has 2 aromatic rings. The van der Waals surface area contributed by atoms with Crippen LogP contribution in [0.3, 0.4) is 0 Å². The SMILES string of the molecule is CN(C)C(=O)c1nc2ccc(Cl)cn2c1CN1CC[C@@H]2CCCC[C@H]2C1. The fraction of sp³-hybridized carbons (Fsp3) is 0.600. The molecule has 140 valence electrons. The van der Waals surface area contributed by atoms with Gasteiger partial charge < -0.3 is 9.30 Å². The minimum Gasteiger partial charge on any atom is -0.343 e. The second kappa shape index (κ2) is 7.20. The first kappa shape index (κ1) is 17.8. The summed E-state index contributed by atoms with van der Waals surface area (Å²) in [5.41, 5.74) is 2.28. The Bertz CT molecular complexity index is 815. The van der Waals surface area contributed by atoms with Crippen LogP contribution in [0.2, 0.25) is 5.02 Å². The van der Waals surface area contributed by atoms with Crippen molar-refractivity contribution in [3.63, 3.8) is 0 Å². The minimum atomic E-state index is -0.0487. The Balaban J connectivity index is 1.65. The molecule has 2 fully saturated rings. The Hall–Kier alpha value is -1.59. The van der Waals surface area contributed by atoms with Crippen molar-refractivity contribution in [3.05, 3.63) is 34.7 Å². The highest BCUT2D eigenvalue weighted by molar-refractivity contribution is 6.30. The summed E-state index contributed by atoms with van der Waals surface area (Å²) in [7, 11) is 3.55. The van der Waals surface area contributed by atoms with E-state index in [1.807, 2.05) is 22.7 Å². The highest BCUT2D eigenvalue weighted by atomic mass is 35.5. The predicted octanol–water partition coefficient (Wildman–Crippen LogP) is 3.70. The second-order valence-electron chi connectivity index (χ2n) is 8.01. The van der Waals surface area contributed by atoms with Crippen LogP contribution in [0.1, 0.15) is 48.3 Å². The second-order valence-corrected chi connectivity index (χ2v) is 8.45. The Morgan fingerprint density at radius 2 is 2.00 bits per heavy atom. The number of halogens is 1. The zero-order valence-electron chi connectivity index (χ0n) is 15.6. The van der Waals surface area contributed by atoms with Gasteiger partial charge in [-0.1, -0.05) is 30.9 Å². The molecule has 2 atom stereocenters. The van der Waals surface area contributed by atoms with Gasteiger partial charge >= 0.3 is 0 Å². The summed E-state index contributed by atoms with van der Waals surface area (Å²) < 4.78 is 1.99. The molecule has 1 aliphatic heterocycles. The molecule has 0 N–H and O–H groups in total. The molecule has 1 saturated heterocycles. The molecule has 1 amide bonds. The molecule has 2 aromatic heterocycles. The van der Waals surface area contributed by atoms with Crippen LogP contribution < -0.4 is 0 Å². The Kier molecular flexibility index (Phi) is 4.93. The van der Waals surface area contributed by atoms with E-state index in [0.717, 1.165) is 42.8 Å². The lowest BCUT2D eigenvalue weighted by atomic mass is 9.75. The molecule has 1 saturated carbocycles. The molecule has 2 aliphatic rings. The van der Waals surface area contributed by atoms with E-state index >= 15 is 0 Å². The average Bonchev–Trinajstić information content (AvgIpc) is 2.98. The van der Waals surface area contributed by atoms with Crippen LogP contribution in [0.5, 0.6) is 0 Å². The third-order valence-electron chi connectivity index (χ3n) is 6.04. The number of fused-ring (bicyclic) bond motifs is 2. The zero-order valence-corrected chi connectivity index (χ0v) is 16.4. The number of hydrogen-bond acceptors (Lipinski definition) is 3. The molecular formula is C20H27ClN4O. The molecule has 0 spiro atoms. The maximum atomic E-state index is 12.7. The monoisotopic (exact) mass is 374 g/mol. The van der Waals surface area contributed by atoms with E-state index in [4.69, 9.17) is 11.6 Å². The molecule has 26 heavy (non-hydrogen) atoms. The number of amides is 1. The number of pyridine rings is 1. The lowest BCUT2D eigenvalue weighted by Crippen LogP contribution is -2.41. The highest BCUT2D eigenvalue weighted by Crippen LogP contribution is 2.36. The number of carbonyl (C=O) groups excluding carboxylic acids is 1. The molecule has 0 radical (unpaired) electrons. The van der Waals surface area contributed by atoms with Gasteiger partial charge in [0, 0.05) is 33.4 Å². The predicted molar refractivity (Wildman–Crippen MR) is 104 cm³/mol. The van der Waals surface area contributed by atoms with Gasteiger partial charge in [0.2, 0.25) is 0 Å². The molecule has 1 aliphatic carbocycles. The van der Waals surface area contributed by atoms with E-state index in [1.165, 1.54) is 32.1 Å². The van der Waals surface area contributed by atoms with Crippen molar-refractivity contribution in [2.75, 3.05) is 27.2 Å². The summed E-state index contributed by atoms with van der Waals surface area (Å²) >= 11 is 6.22. The van der Waals surface area contributed by atoms with E-state index in [-0.39, 0.29) is 5.91 Å². The van der Waals surface area contributed by atoms with Gasteiger partial charge in [-0.05, 0) is 43.4 Å². The van der Waals surface area contributed by atoms with Crippen molar-refractivity contribution in [2.24, 2.45) is 11.8 Å². The number of rotatable bonds is 3. The quantitative estimate of drug-likeness (QED) is 0.822. The molecule has 6 heteroatoms. The van der Waals surface area contributed by atoms with Crippen LogP contribution >= 0.6 is 11.6 Å². The summed E-state index contributed by atoms with van der Waals surface area (Å²) in [6.45, 7) is 2.98. The number of imidazole rings is 1. The summed E-state index contributed by atoms with van der Waals surface area (Å²) in [6, 6.07) is 3.71. The summed E-state index contributed by atoms with van der Waals surface area (Å²) in [4.78, 5) is 21.4. The lowest BCUT2D eigenvalue weighted by Gasteiger charge is -2.41. The standard InChI is InChI=1S/C20H27ClN4O/c1-23(2)20(26)19-17(25-12-16(21)7-8-18(25)22-19)13-24-10-9-14-5-3-4-6-15(14)11-24/h7-8,12,14-15H,3-6,9-11,13H2,1-2H3/t14-,15-/m0/s1. The van der Waals surface area contributed by atoms with Gasteiger partial charge in [0.15, 0.2) is 5.69 Å². The van der Waals surface area contributed by atoms with Gasteiger partial charge in [-0.25, -0.2) is 4.98 Å². The van der Waals surface area contributed by atoms with E-state index in [1.54, 1.807) is 19.0 Å². The van der Waals surface area contributed by atoms with Crippen molar-refractivity contribution in [2.45, 2.75) is 38.6 Å². The molecule has 5 nitrogen and oxygen atoms in total. The van der Waals surface area contributed by atoms with Gasteiger partial charge in [-0.15, -0.1) is 0 Å². The fourth-order valence-electron chi connectivity index (χ4n) is 4.63. The molecule has 0 bridgehead atoms. The maximum Gasteiger partial charge on any atom is 0.273 e. The first-order valence-electron chi connectivity index (χ1n) is 9.63. The van der Waals surface area contributed by atoms with Gasteiger partial charge in [-0.2, -0.15) is 0 Å². The number of piperidine rings is 1. The zero-order chi connectivity index (χ0) is 18.3. The highest BCUT2D eigenvalue weighted by Gasteiger charge is 2.32. The number of hydrogen-bond donors (Lipinski definition) is 0. The van der Waals surface area contributed by atoms with Crippen LogP contribution in [0.25, 0.3) is 5.65 Å². The molecule has 0 aromatic carbocycles. The summed E-state index contributed by atoms with van der Waals surface area (Å²) in [5, 5.41) is 0.658. The third kappa shape index (κ3) is 3.35. The first-order chi connectivity index (χ1) is 12.5. The van der Waals surface area contributed by atoms with Crippen LogP contribution in [0, 0.1) is 11.8 Å². The summed E-state index contributed by atoms with van der Waals surface area (Å²) in [5.74, 6) is 1.67. The Morgan fingerprint density at radius 3 is 2.77 bits per heavy atom. The Morgan fingerprint density at radius 1 is 1.23 bits per heavy atom. The summed E-state index contributed by atoms with van der Waals surface area (Å²) in [6.07, 6.45) is 8.66. The number of likely N-dealkylation sites (tertiary alicyclic amines) is 1. The average molecular weight is 375 g/mol. The van der Waals surface area contributed by atoms with Crippen molar-refractivity contribution < 1.29 is 4.79 Å². The fourth-order valence-corrected chi connectivity index (χ4v) is 4.79. The Labute approximate surface area is 159 Å². The van der Waals surface area contributed by atoms with Gasteiger partial charge in [0.1, 0.15) is 5.65 Å². The van der Waals surface area contributed by atoms with Crippen molar-refractivity contribution in [3.8, 4) is 0 Å². The smallest absolute Gasteiger partial charge is 0.273 e. The van der Waals surface area contributed by atoms with Crippen LogP contribution in [-0.2, 0) is 6.54 Å². The minimum absolute atomic E-state index is 0.0487.